The summed E-state index contributed by atoms with van der Waals surface area (Å²) in [4.78, 5) is 36.8. The molecule has 2 heterocycles. The van der Waals surface area contributed by atoms with Crippen LogP contribution in [0.2, 0.25) is 0 Å². The highest BCUT2D eigenvalue weighted by Crippen LogP contribution is 2.29. The Morgan fingerprint density at radius 3 is 2.50 bits per heavy atom. The van der Waals surface area contributed by atoms with Crippen molar-refractivity contribution in [3.05, 3.63) is 28.1 Å². The first-order chi connectivity index (χ1) is 13.2. The van der Waals surface area contributed by atoms with E-state index < -0.39 is 39.3 Å². The molecule has 28 heavy (non-hydrogen) atoms. The molecule has 1 aliphatic carbocycles. The zero-order chi connectivity index (χ0) is 20.5. The normalized spacial score (nSPS) is 21.5. The van der Waals surface area contributed by atoms with Crippen molar-refractivity contribution >= 4 is 27.4 Å². The van der Waals surface area contributed by atoms with E-state index >= 15 is 0 Å². The summed E-state index contributed by atoms with van der Waals surface area (Å²) in [6, 6.07) is 0.654. The maximum Gasteiger partial charge on any atom is 0.355 e. The van der Waals surface area contributed by atoms with Gasteiger partial charge in [-0.3, -0.25) is 14.9 Å². The van der Waals surface area contributed by atoms with Crippen LogP contribution >= 0.6 is 0 Å². The number of nitro groups is 1. The van der Waals surface area contributed by atoms with E-state index in [2.05, 4.69) is 0 Å². The number of hydrogen-bond donors (Lipinski definition) is 0. The minimum Gasteiger partial charge on any atom is -0.451 e. The van der Waals surface area contributed by atoms with E-state index in [1.165, 1.54) is 17.8 Å². The van der Waals surface area contributed by atoms with Crippen LogP contribution in [-0.4, -0.2) is 64.9 Å². The molecule has 1 aliphatic heterocycles. The fraction of sp³-hybridized carbons (Fsp3) is 0.647. The summed E-state index contributed by atoms with van der Waals surface area (Å²) in [5, 5.41) is 10.8. The van der Waals surface area contributed by atoms with Gasteiger partial charge in [-0.15, -0.1) is 0 Å². The van der Waals surface area contributed by atoms with Gasteiger partial charge in [0.2, 0.25) is 0 Å². The molecule has 1 aromatic heterocycles. The van der Waals surface area contributed by atoms with Gasteiger partial charge >= 0.3 is 5.97 Å². The fourth-order valence-electron chi connectivity index (χ4n) is 4.01. The number of carbonyl (C=O) groups excluding carboxylic acids is 2. The molecule has 2 aliphatic rings. The highest BCUT2D eigenvalue weighted by Gasteiger charge is 2.39. The number of amides is 1. The van der Waals surface area contributed by atoms with Gasteiger partial charge in [0, 0.05) is 25.2 Å². The Morgan fingerprint density at radius 2 is 1.96 bits per heavy atom. The maximum absolute atomic E-state index is 12.8. The number of sulfone groups is 1. The van der Waals surface area contributed by atoms with Crippen LogP contribution in [0.3, 0.4) is 0 Å². The lowest BCUT2D eigenvalue weighted by atomic mass is 10.1. The monoisotopic (exact) mass is 413 g/mol. The van der Waals surface area contributed by atoms with Gasteiger partial charge < -0.3 is 14.2 Å². The van der Waals surface area contributed by atoms with Gasteiger partial charge in [0.25, 0.3) is 11.6 Å². The van der Waals surface area contributed by atoms with Crippen molar-refractivity contribution in [1.29, 1.82) is 0 Å². The summed E-state index contributed by atoms with van der Waals surface area (Å²) in [7, 11) is -1.69. The molecular formula is C17H23N3O7S. The molecule has 1 aromatic rings. The molecule has 1 saturated heterocycles. The molecule has 0 aromatic carbocycles. The third-order valence-corrected chi connectivity index (χ3v) is 7.10. The Morgan fingerprint density at radius 1 is 1.29 bits per heavy atom. The number of aryl methyl sites for hydroxylation is 1. The summed E-state index contributed by atoms with van der Waals surface area (Å²) in [5.41, 5.74) is -0.278. The van der Waals surface area contributed by atoms with E-state index in [-0.39, 0.29) is 28.9 Å². The number of ether oxygens (including phenoxy) is 1. The molecule has 0 spiro atoms. The molecule has 1 amide bonds. The Bertz CT molecular complexity index is 887. The number of esters is 1. The smallest absolute Gasteiger partial charge is 0.355 e. The predicted octanol–water partition coefficient (Wildman–Crippen LogP) is 1.05. The van der Waals surface area contributed by atoms with E-state index in [4.69, 9.17) is 4.74 Å². The van der Waals surface area contributed by atoms with Gasteiger partial charge in [0.1, 0.15) is 5.69 Å². The van der Waals surface area contributed by atoms with Crippen molar-refractivity contribution in [2.24, 2.45) is 7.05 Å². The molecule has 1 saturated carbocycles. The minimum absolute atomic E-state index is 0.0321. The molecule has 2 fully saturated rings. The zero-order valence-electron chi connectivity index (χ0n) is 15.6. The second-order valence-electron chi connectivity index (χ2n) is 7.32. The lowest BCUT2D eigenvalue weighted by Gasteiger charge is -2.33. The average Bonchev–Trinajstić information content (AvgIpc) is 3.34. The largest absolute Gasteiger partial charge is 0.451 e. The molecule has 0 bridgehead atoms. The molecule has 0 unspecified atom stereocenters. The predicted molar refractivity (Wildman–Crippen MR) is 98.5 cm³/mol. The van der Waals surface area contributed by atoms with Crippen LogP contribution in [0, 0.1) is 10.1 Å². The van der Waals surface area contributed by atoms with Gasteiger partial charge in [-0.25, -0.2) is 13.2 Å². The highest BCUT2D eigenvalue weighted by atomic mass is 32.2. The van der Waals surface area contributed by atoms with E-state index in [9.17, 15) is 28.1 Å². The van der Waals surface area contributed by atoms with Gasteiger partial charge in [-0.05, 0) is 19.3 Å². The van der Waals surface area contributed by atoms with Gasteiger partial charge in [0.15, 0.2) is 16.4 Å². The zero-order valence-corrected chi connectivity index (χ0v) is 16.4. The Kier molecular flexibility index (Phi) is 5.73. The minimum atomic E-state index is -3.16. The van der Waals surface area contributed by atoms with E-state index in [0.29, 0.717) is 6.42 Å². The standard InChI is InChI=1S/C17H23N3O7S/c1-18-9-14(20(23)24)8-15(18)17(22)27-10-16(21)19(12-4-2-3-5-12)13-6-7-28(25,26)11-13/h8-9,12-13H,2-7,10-11H2,1H3/t13-/m1/s1. The van der Waals surface area contributed by atoms with Crippen LogP contribution in [0.4, 0.5) is 5.69 Å². The number of aromatic nitrogens is 1. The fourth-order valence-corrected chi connectivity index (χ4v) is 5.72. The van der Waals surface area contributed by atoms with Gasteiger partial charge in [-0.1, -0.05) is 12.8 Å². The molecular weight excluding hydrogens is 390 g/mol. The molecule has 1 atom stereocenters. The summed E-state index contributed by atoms with van der Waals surface area (Å²) in [6.45, 7) is -0.523. The number of hydrogen-bond acceptors (Lipinski definition) is 7. The molecule has 154 valence electrons. The third kappa shape index (κ3) is 4.34. The van der Waals surface area contributed by atoms with Crippen LogP contribution in [-0.2, 0) is 26.4 Å². The maximum atomic E-state index is 12.8. The van der Waals surface area contributed by atoms with Gasteiger partial charge in [-0.2, -0.15) is 0 Å². The van der Waals surface area contributed by atoms with Crippen LogP contribution in [0.25, 0.3) is 0 Å². The van der Waals surface area contributed by atoms with Crippen molar-refractivity contribution in [2.75, 3.05) is 18.1 Å². The topological polar surface area (TPSA) is 129 Å². The molecule has 0 N–H and O–H groups in total. The van der Waals surface area contributed by atoms with Crippen LogP contribution in [0.5, 0.6) is 0 Å². The van der Waals surface area contributed by atoms with Crippen molar-refractivity contribution in [1.82, 2.24) is 9.47 Å². The first-order valence-electron chi connectivity index (χ1n) is 9.17. The summed E-state index contributed by atoms with van der Waals surface area (Å²) < 4.78 is 30.1. The number of nitrogens with zero attached hydrogens (tertiary/aromatic N) is 3. The molecule has 3 rings (SSSR count). The lowest BCUT2D eigenvalue weighted by Crippen LogP contribution is -2.48. The first-order valence-corrected chi connectivity index (χ1v) is 11.0. The van der Waals surface area contributed by atoms with Crippen LogP contribution < -0.4 is 0 Å². The van der Waals surface area contributed by atoms with Crippen LogP contribution in [0.1, 0.15) is 42.6 Å². The number of carbonyl (C=O) groups is 2. The lowest BCUT2D eigenvalue weighted by molar-refractivity contribution is -0.384. The number of rotatable bonds is 6. The molecule has 10 nitrogen and oxygen atoms in total. The van der Waals surface area contributed by atoms with Crippen molar-refractivity contribution in [3.8, 4) is 0 Å². The summed E-state index contributed by atoms with van der Waals surface area (Å²) in [5.74, 6) is -1.27. The van der Waals surface area contributed by atoms with Crippen LogP contribution in [0.15, 0.2) is 12.3 Å². The van der Waals surface area contributed by atoms with Crippen molar-refractivity contribution in [3.63, 3.8) is 0 Å². The van der Waals surface area contributed by atoms with Crippen molar-refractivity contribution in [2.45, 2.75) is 44.2 Å². The van der Waals surface area contributed by atoms with E-state index in [0.717, 1.165) is 31.7 Å². The highest BCUT2D eigenvalue weighted by molar-refractivity contribution is 7.91. The van der Waals surface area contributed by atoms with E-state index in [1.807, 2.05) is 0 Å². The second kappa shape index (κ2) is 7.90. The second-order valence-corrected chi connectivity index (χ2v) is 9.55. The average molecular weight is 413 g/mol. The Balaban J connectivity index is 1.68. The quantitative estimate of drug-likeness (QED) is 0.387. The Hall–Kier alpha value is -2.43. The molecule has 11 heteroatoms. The third-order valence-electron chi connectivity index (χ3n) is 5.35. The summed E-state index contributed by atoms with van der Waals surface area (Å²) in [6.07, 6.45) is 5.14. The summed E-state index contributed by atoms with van der Waals surface area (Å²) >= 11 is 0. The van der Waals surface area contributed by atoms with Gasteiger partial charge in [0.05, 0.1) is 22.6 Å². The first kappa shape index (κ1) is 20.3. The molecule has 0 radical (unpaired) electrons. The van der Waals surface area contributed by atoms with Crippen molar-refractivity contribution < 1.29 is 27.7 Å². The Labute approximate surface area is 162 Å². The SMILES string of the molecule is Cn1cc([N+](=O)[O-])cc1C(=O)OCC(=O)N(C1CCCC1)[C@@H]1CCS(=O)(=O)C1. The van der Waals surface area contributed by atoms with E-state index in [1.54, 1.807) is 4.90 Å².